The molecule has 0 saturated heterocycles. The SMILES string of the molecule is CC(CBr)N(C)c1ccnc2ccccc12. The van der Waals surface area contributed by atoms with Crippen LogP contribution in [0, 0.1) is 0 Å². The molecule has 1 heterocycles. The zero-order valence-corrected chi connectivity index (χ0v) is 11.1. The average molecular weight is 279 g/mol. The molecule has 2 aromatic rings. The summed E-state index contributed by atoms with van der Waals surface area (Å²) in [6, 6.07) is 10.8. The van der Waals surface area contributed by atoms with Crippen molar-refractivity contribution in [2.45, 2.75) is 13.0 Å². The maximum atomic E-state index is 4.37. The van der Waals surface area contributed by atoms with Gasteiger partial charge in [0.25, 0.3) is 0 Å². The van der Waals surface area contributed by atoms with Crippen molar-refractivity contribution >= 4 is 32.5 Å². The van der Waals surface area contributed by atoms with E-state index < -0.39 is 0 Å². The molecule has 1 aromatic carbocycles. The summed E-state index contributed by atoms with van der Waals surface area (Å²) in [5, 5.41) is 2.17. The summed E-state index contributed by atoms with van der Waals surface area (Å²) in [5.41, 5.74) is 2.28. The highest BCUT2D eigenvalue weighted by Gasteiger charge is 2.11. The van der Waals surface area contributed by atoms with Crippen molar-refractivity contribution in [3.8, 4) is 0 Å². The zero-order valence-electron chi connectivity index (χ0n) is 9.52. The van der Waals surface area contributed by atoms with Gasteiger partial charge in [0.15, 0.2) is 0 Å². The molecule has 0 saturated carbocycles. The van der Waals surface area contributed by atoms with E-state index in [-0.39, 0.29) is 0 Å². The van der Waals surface area contributed by atoms with E-state index in [9.17, 15) is 0 Å². The van der Waals surface area contributed by atoms with E-state index in [1.54, 1.807) is 0 Å². The quantitative estimate of drug-likeness (QED) is 0.800. The third kappa shape index (κ3) is 2.05. The molecule has 2 nitrogen and oxygen atoms in total. The van der Waals surface area contributed by atoms with Gasteiger partial charge in [-0.3, -0.25) is 4.98 Å². The third-order valence-corrected chi connectivity index (χ3v) is 3.83. The number of pyridine rings is 1. The second-order valence-corrected chi connectivity index (χ2v) is 4.61. The smallest absolute Gasteiger partial charge is 0.0722 e. The van der Waals surface area contributed by atoms with Crippen molar-refractivity contribution in [3.05, 3.63) is 36.5 Å². The lowest BCUT2D eigenvalue weighted by molar-refractivity contribution is 0.772. The van der Waals surface area contributed by atoms with Gasteiger partial charge in [0, 0.05) is 35.7 Å². The fourth-order valence-electron chi connectivity index (χ4n) is 1.73. The summed E-state index contributed by atoms with van der Waals surface area (Å²) >= 11 is 3.52. The van der Waals surface area contributed by atoms with E-state index in [1.807, 2.05) is 18.3 Å². The van der Waals surface area contributed by atoms with Crippen LogP contribution in [0.2, 0.25) is 0 Å². The molecule has 0 amide bonds. The van der Waals surface area contributed by atoms with Gasteiger partial charge in [0.05, 0.1) is 5.52 Å². The number of para-hydroxylation sites is 1. The molecular formula is C13H15BrN2. The van der Waals surface area contributed by atoms with Crippen LogP contribution in [0.3, 0.4) is 0 Å². The summed E-state index contributed by atoms with van der Waals surface area (Å²) in [6.07, 6.45) is 1.87. The number of benzene rings is 1. The van der Waals surface area contributed by atoms with Crippen molar-refractivity contribution in [1.82, 2.24) is 4.98 Å². The Bertz CT molecular complexity index is 479. The van der Waals surface area contributed by atoms with E-state index in [1.165, 1.54) is 11.1 Å². The molecule has 0 N–H and O–H groups in total. The number of anilines is 1. The number of nitrogens with zero attached hydrogens (tertiary/aromatic N) is 2. The van der Waals surface area contributed by atoms with Gasteiger partial charge in [-0.1, -0.05) is 34.1 Å². The summed E-state index contributed by atoms with van der Waals surface area (Å²) in [7, 11) is 2.12. The Morgan fingerprint density at radius 3 is 2.81 bits per heavy atom. The van der Waals surface area contributed by atoms with E-state index in [2.05, 4.69) is 58.0 Å². The Kier molecular flexibility index (Phi) is 3.44. The number of alkyl halides is 1. The molecular weight excluding hydrogens is 264 g/mol. The number of halogens is 1. The second kappa shape index (κ2) is 4.83. The first-order chi connectivity index (χ1) is 7.74. The molecule has 0 spiro atoms. The summed E-state index contributed by atoms with van der Waals surface area (Å²) in [4.78, 5) is 6.65. The van der Waals surface area contributed by atoms with E-state index in [4.69, 9.17) is 0 Å². The second-order valence-electron chi connectivity index (χ2n) is 3.96. The minimum absolute atomic E-state index is 0.464. The van der Waals surface area contributed by atoms with Gasteiger partial charge in [-0.15, -0.1) is 0 Å². The van der Waals surface area contributed by atoms with Gasteiger partial charge in [-0.25, -0.2) is 0 Å². The predicted octanol–water partition coefficient (Wildman–Crippen LogP) is 3.45. The number of hydrogen-bond acceptors (Lipinski definition) is 2. The van der Waals surface area contributed by atoms with Gasteiger partial charge in [-0.05, 0) is 19.1 Å². The Morgan fingerprint density at radius 2 is 2.06 bits per heavy atom. The Labute approximate surface area is 104 Å². The summed E-state index contributed by atoms with van der Waals surface area (Å²) < 4.78 is 0. The lowest BCUT2D eigenvalue weighted by Crippen LogP contribution is -2.30. The monoisotopic (exact) mass is 278 g/mol. The molecule has 3 heteroatoms. The lowest BCUT2D eigenvalue weighted by atomic mass is 10.1. The van der Waals surface area contributed by atoms with Crippen LogP contribution in [-0.4, -0.2) is 23.4 Å². The molecule has 0 radical (unpaired) electrons. The first kappa shape index (κ1) is 11.4. The molecule has 0 aliphatic heterocycles. The van der Waals surface area contributed by atoms with Crippen LogP contribution in [-0.2, 0) is 0 Å². The fraction of sp³-hybridized carbons (Fsp3) is 0.308. The van der Waals surface area contributed by atoms with Gasteiger partial charge in [0.1, 0.15) is 0 Å². The molecule has 84 valence electrons. The molecule has 16 heavy (non-hydrogen) atoms. The van der Waals surface area contributed by atoms with Crippen molar-refractivity contribution in [1.29, 1.82) is 0 Å². The number of hydrogen-bond donors (Lipinski definition) is 0. The highest BCUT2D eigenvalue weighted by molar-refractivity contribution is 9.09. The summed E-state index contributed by atoms with van der Waals surface area (Å²) in [5.74, 6) is 0. The van der Waals surface area contributed by atoms with Crippen LogP contribution in [0.5, 0.6) is 0 Å². The summed E-state index contributed by atoms with van der Waals surface area (Å²) in [6.45, 7) is 2.20. The molecule has 1 unspecified atom stereocenters. The van der Waals surface area contributed by atoms with Gasteiger partial charge < -0.3 is 4.90 Å². The molecule has 1 aromatic heterocycles. The highest BCUT2D eigenvalue weighted by Crippen LogP contribution is 2.25. The third-order valence-electron chi connectivity index (χ3n) is 2.89. The van der Waals surface area contributed by atoms with E-state index in [0.717, 1.165) is 10.8 Å². The van der Waals surface area contributed by atoms with E-state index in [0.29, 0.717) is 6.04 Å². The van der Waals surface area contributed by atoms with E-state index >= 15 is 0 Å². The van der Waals surface area contributed by atoms with Crippen molar-refractivity contribution in [2.75, 3.05) is 17.3 Å². The van der Waals surface area contributed by atoms with Crippen LogP contribution in [0.4, 0.5) is 5.69 Å². The zero-order chi connectivity index (χ0) is 11.5. The standard InChI is InChI=1S/C13H15BrN2/c1-10(9-14)16(2)13-7-8-15-12-6-4-3-5-11(12)13/h3-8,10H,9H2,1-2H3. The fourth-order valence-corrected chi connectivity index (χ4v) is 2.16. The highest BCUT2D eigenvalue weighted by atomic mass is 79.9. The van der Waals surface area contributed by atoms with Crippen molar-refractivity contribution in [2.24, 2.45) is 0 Å². The van der Waals surface area contributed by atoms with Crippen LogP contribution < -0.4 is 4.90 Å². The lowest BCUT2D eigenvalue weighted by Gasteiger charge is -2.26. The minimum atomic E-state index is 0.464. The van der Waals surface area contributed by atoms with Crippen LogP contribution in [0.1, 0.15) is 6.92 Å². The van der Waals surface area contributed by atoms with Crippen molar-refractivity contribution in [3.63, 3.8) is 0 Å². The van der Waals surface area contributed by atoms with Crippen LogP contribution in [0.25, 0.3) is 10.9 Å². The Hall–Kier alpha value is -1.09. The molecule has 0 bridgehead atoms. The van der Waals surface area contributed by atoms with Crippen LogP contribution >= 0.6 is 15.9 Å². The molecule has 0 aliphatic carbocycles. The largest absolute Gasteiger partial charge is 0.370 e. The molecule has 0 aliphatic rings. The average Bonchev–Trinajstić information content (AvgIpc) is 2.36. The Morgan fingerprint density at radius 1 is 1.31 bits per heavy atom. The Balaban J connectivity index is 2.52. The maximum absolute atomic E-state index is 4.37. The van der Waals surface area contributed by atoms with Crippen LogP contribution in [0.15, 0.2) is 36.5 Å². The predicted molar refractivity (Wildman–Crippen MR) is 73.4 cm³/mol. The number of fused-ring (bicyclic) bond motifs is 1. The topological polar surface area (TPSA) is 16.1 Å². The first-order valence-corrected chi connectivity index (χ1v) is 6.48. The van der Waals surface area contributed by atoms with Gasteiger partial charge in [0.2, 0.25) is 0 Å². The normalized spacial score (nSPS) is 12.7. The maximum Gasteiger partial charge on any atom is 0.0722 e. The van der Waals surface area contributed by atoms with Gasteiger partial charge in [-0.2, -0.15) is 0 Å². The molecule has 1 atom stereocenters. The van der Waals surface area contributed by atoms with Crippen molar-refractivity contribution < 1.29 is 0 Å². The number of aromatic nitrogens is 1. The molecule has 0 fully saturated rings. The first-order valence-electron chi connectivity index (χ1n) is 5.36. The van der Waals surface area contributed by atoms with Gasteiger partial charge >= 0.3 is 0 Å². The number of rotatable bonds is 3. The molecule has 2 rings (SSSR count). The minimum Gasteiger partial charge on any atom is -0.370 e.